The molecule has 0 aromatic heterocycles. The highest BCUT2D eigenvalue weighted by Crippen LogP contribution is 2.23. The van der Waals surface area contributed by atoms with Gasteiger partial charge in [-0.15, -0.1) is 0 Å². The van der Waals surface area contributed by atoms with Gasteiger partial charge in [0.05, 0.1) is 5.71 Å². The van der Waals surface area contributed by atoms with E-state index < -0.39 is 8.07 Å². The summed E-state index contributed by atoms with van der Waals surface area (Å²) in [5.74, 6) is 0. The molecule has 3 heteroatoms. The van der Waals surface area contributed by atoms with Crippen LogP contribution in [-0.4, -0.2) is 19.9 Å². The van der Waals surface area contributed by atoms with Gasteiger partial charge in [-0.3, -0.25) is 0 Å². The fourth-order valence-electron chi connectivity index (χ4n) is 2.18. The second kappa shape index (κ2) is 5.04. The smallest absolute Gasteiger partial charge is 0.125 e. The molecule has 17 heavy (non-hydrogen) atoms. The summed E-state index contributed by atoms with van der Waals surface area (Å²) in [5, 5.41) is 4.30. The molecule has 1 aromatic rings. The molecule has 2 nitrogen and oxygen atoms in total. The van der Waals surface area contributed by atoms with Gasteiger partial charge in [-0.05, 0) is 24.4 Å². The molecule has 1 aliphatic heterocycles. The monoisotopic (exact) mass is 247 g/mol. The number of hydrogen-bond acceptors (Lipinski definition) is 2. The van der Waals surface area contributed by atoms with Crippen LogP contribution in [0.25, 0.3) is 0 Å². The van der Waals surface area contributed by atoms with Crippen LogP contribution in [-0.2, 0) is 4.84 Å². The molecule has 0 spiro atoms. The molecule has 0 bridgehead atoms. The topological polar surface area (TPSA) is 21.6 Å². The van der Waals surface area contributed by atoms with E-state index in [1.54, 1.807) is 0 Å². The van der Waals surface area contributed by atoms with E-state index in [1.165, 1.54) is 11.6 Å². The van der Waals surface area contributed by atoms with Crippen molar-refractivity contribution in [2.75, 3.05) is 0 Å². The van der Waals surface area contributed by atoms with Crippen molar-refractivity contribution in [1.29, 1.82) is 0 Å². The molecular weight excluding hydrogens is 226 g/mol. The highest BCUT2D eigenvalue weighted by atomic mass is 28.3. The van der Waals surface area contributed by atoms with Gasteiger partial charge in [0.15, 0.2) is 0 Å². The summed E-state index contributed by atoms with van der Waals surface area (Å²) in [7, 11) is -1.04. The van der Waals surface area contributed by atoms with Gasteiger partial charge in [-0.2, -0.15) is 0 Å². The average Bonchev–Trinajstić information content (AvgIpc) is 2.29. The van der Waals surface area contributed by atoms with Crippen molar-refractivity contribution < 1.29 is 4.84 Å². The fraction of sp³-hybridized carbons (Fsp3) is 0.500. The third-order valence-electron chi connectivity index (χ3n) is 2.96. The van der Waals surface area contributed by atoms with Gasteiger partial charge in [0.1, 0.15) is 6.10 Å². The minimum atomic E-state index is -1.04. The fourth-order valence-corrected chi connectivity index (χ4v) is 3.83. The molecule has 0 saturated carbocycles. The lowest BCUT2D eigenvalue weighted by molar-refractivity contribution is 0.0564. The molecular formula is C14H21NOSi. The van der Waals surface area contributed by atoms with E-state index >= 15 is 0 Å². The predicted molar refractivity (Wildman–Crippen MR) is 75.2 cm³/mol. The summed E-state index contributed by atoms with van der Waals surface area (Å²) in [5.41, 5.74) is 2.29. The summed E-state index contributed by atoms with van der Waals surface area (Å²) >= 11 is 0. The Morgan fingerprint density at radius 1 is 1.24 bits per heavy atom. The first-order valence-corrected chi connectivity index (χ1v) is 10.0. The Bertz CT molecular complexity index is 394. The molecule has 1 aliphatic rings. The van der Waals surface area contributed by atoms with Gasteiger partial charge in [0, 0.05) is 8.07 Å². The van der Waals surface area contributed by atoms with Crippen LogP contribution in [0.15, 0.2) is 35.5 Å². The number of nitrogens with zero attached hydrogens (tertiary/aromatic N) is 1. The van der Waals surface area contributed by atoms with Crippen LogP contribution in [0.4, 0.5) is 0 Å². The van der Waals surface area contributed by atoms with E-state index in [4.69, 9.17) is 4.84 Å². The summed E-state index contributed by atoms with van der Waals surface area (Å²) in [4.78, 5) is 5.64. The molecule has 0 fully saturated rings. The number of benzene rings is 1. The van der Waals surface area contributed by atoms with Crippen LogP contribution in [0.2, 0.25) is 25.7 Å². The van der Waals surface area contributed by atoms with Crippen LogP contribution in [0.5, 0.6) is 0 Å². The summed E-state index contributed by atoms with van der Waals surface area (Å²) in [6.45, 7) is 7.15. The van der Waals surface area contributed by atoms with Gasteiger partial charge in [0.25, 0.3) is 0 Å². The van der Waals surface area contributed by atoms with E-state index in [2.05, 4.69) is 36.9 Å². The Balaban J connectivity index is 1.99. The van der Waals surface area contributed by atoms with Gasteiger partial charge < -0.3 is 4.84 Å². The molecule has 0 saturated heterocycles. The lowest BCUT2D eigenvalue weighted by atomic mass is 10.0. The lowest BCUT2D eigenvalue weighted by Crippen LogP contribution is -2.30. The Kier molecular flexibility index (Phi) is 3.67. The molecule has 0 N–H and O–H groups in total. The van der Waals surface area contributed by atoms with E-state index in [1.807, 2.05) is 18.2 Å². The van der Waals surface area contributed by atoms with Crippen molar-refractivity contribution in [1.82, 2.24) is 0 Å². The molecule has 0 aliphatic carbocycles. The van der Waals surface area contributed by atoms with Crippen LogP contribution in [0.1, 0.15) is 18.4 Å². The van der Waals surface area contributed by atoms with E-state index in [0.29, 0.717) is 6.10 Å². The molecule has 2 rings (SSSR count). The van der Waals surface area contributed by atoms with Crippen molar-refractivity contribution in [2.24, 2.45) is 5.16 Å². The highest BCUT2D eigenvalue weighted by molar-refractivity contribution is 6.76. The zero-order valence-electron chi connectivity index (χ0n) is 10.9. The quantitative estimate of drug-likeness (QED) is 0.742. The maximum atomic E-state index is 5.64. The summed E-state index contributed by atoms with van der Waals surface area (Å²) < 4.78 is 0. The average molecular weight is 247 g/mol. The molecule has 0 amide bonds. The zero-order valence-corrected chi connectivity index (χ0v) is 11.9. The van der Waals surface area contributed by atoms with Gasteiger partial charge in [-0.1, -0.05) is 55.1 Å². The van der Waals surface area contributed by atoms with Crippen molar-refractivity contribution in [3.05, 3.63) is 35.9 Å². The minimum Gasteiger partial charge on any atom is -0.393 e. The maximum Gasteiger partial charge on any atom is 0.125 e. The Hall–Kier alpha value is -1.09. The van der Waals surface area contributed by atoms with Crippen molar-refractivity contribution in [3.63, 3.8) is 0 Å². The number of oxime groups is 1. The van der Waals surface area contributed by atoms with Gasteiger partial charge >= 0.3 is 0 Å². The molecule has 1 atom stereocenters. The second-order valence-corrected chi connectivity index (χ2v) is 11.5. The Morgan fingerprint density at radius 3 is 2.47 bits per heavy atom. The normalized spacial score (nSPS) is 20.6. The number of rotatable bonds is 3. The highest BCUT2D eigenvalue weighted by Gasteiger charge is 2.25. The maximum absolute atomic E-state index is 5.64. The van der Waals surface area contributed by atoms with Gasteiger partial charge in [0.2, 0.25) is 0 Å². The predicted octanol–water partition coefficient (Wildman–Crippen LogP) is 3.91. The molecule has 0 radical (unpaired) electrons. The molecule has 1 unspecified atom stereocenters. The van der Waals surface area contributed by atoms with E-state index in [-0.39, 0.29) is 0 Å². The first-order chi connectivity index (χ1) is 8.04. The molecule has 92 valence electrons. The summed E-state index contributed by atoms with van der Waals surface area (Å²) in [6.07, 6.45) is 2.49. The third kappa shape index (κ3) is 3.70. The van der Waals surface area contributed by atoms with Crippen molar-refractivity contribution in [2.45, 2.75) is 44.6 Å². The zero-order chi connectivity index (χ0) is 12.3. The Morgan fingerprint density at radius 2 is 1.94 bits per heavy atom. The third-order valence-corrected chi connectivity index (χ3v) is 4.64. The SMILES string of the molecule is C[Si](C)(C)CC1CCC(c2ccccc2)=NO1. The lowest BCUT2D eigenvalue weighted by Gasteiger charge is -2.26. The first-order valence-electron chi connectivity index (χ1n) is 6.33. The minimum absolute atomic E-state index is 0.342. The summed E-state index contributed by atoms with van der Waals surface area (Å²) in [6, 6.07) is 11.5. The van der Waals surface area contributed by atoms with Crippen LogP contribution < -0.4 is 0 Å². The van der Waals surface area contributed by atoms with Crippen molar-refractivity contribution >= 4 is 13.8 Å². The Labute approximate surface area is 105 Å². The first kappa shape index (κ1) is 12.4. The standard InChI is InChI=1S/C14H21NOSi/c1-17(2,3)11-13-9-10-14(15-16-13)12-7-5-4-6-8-12/h4-8,13H,9-11H2,1-3H3. The molecule has 1 aromatic carbocycles. The van der Waals surface area contributed by atoms with Crippen LogP contribution >= 0.6 is 0 Å². The largest absolute Gasteiger partial charge is 0.393 e. The van der Waals surface area contributed by atoms with Gasteiger partial charge in [-0.25, -0.2) is 0 Å². The van der Waals surface area contributed by atoms with E-state index in [0.717, 1.165) is 18.6 Å². The molecule has 1 heterocycles. The van der Waals surface area contributed by atoms with Crippen LogP contribution in [0.3, 0.4) is 0 Å². The van der Waals surface area contributed by atoms with Crippen molar-refractivity contribution in [3.8, 4) is 0 Å². The van der Waals surface area contributed by atoms with E-state index in [9.17, 15) is 0 Å². The number of hydrogen-bond donors (Lipinski definition) is 0. The second-order valence-electron chi connectivity index (χ2n) is 5.93. The van der Waals surface area contributed by atoms with Crippen LogP contribution in [0, 0.1) is 0 Å².